The van der Waals surface area contributed by atoms with Crippen LogP contribution >= 0.6 is 0 Å². The van der Waals surface area contributed by atoms with Crippen LogP contribution in [-0.2, 0) is 35.6 Å². The highest BCUT2D eigenvalue weighted by molar-refractivity contribution is 7.87. The number of rotatable bonds is 9. The number of carbonyl (C=O) groups is 1. The van der Waals surface area contributed by atoms with Gasteiger partial charge in [-0.1, -0.05) is 6.07 Å². The summed E-state index contributed by atoms with van der Waals surface area (Å²) in [4.78, 5) is 14.0. The lowest BCUT2D eigenvalue weighted by Crippen LogP contribution is -2.30. The van der Waals surface area contributed by atoms with Crippen LogP contribution in [0.5, 0.6) is 11.5 Å². The molecule has 228 valence electrons. The number of nitrogens with zero attached hydrogens (tertiary/aromatic N) is 1. The minimum Gasteiger partial charge on any atom is -0.493 e. The third-order valence-electron chi connectivity index (χ3n) is 5.95. The van der Waals surface area contributed by atoms with Gasteiger partial charge in [0.2, 0.25) is 0 Å². The minimum absolute atomic E-state index is 0.0638. The van der Waals surface area contributed by atoms with Crippen molar-refractivity contribution >= 4 is 16.0 Å². The van der Waals surface area contributed by atoms with E-state index < -0.39 is 57.4 Å². The Morgan fingerprint density at radius 2 is 1.47 bits per heavy atom. The highest BCUT2D eigenvalue weighted by atomic mass is 32.2. The largest absolute Gasteiger partial charge is 0.493 e. The third kappa shape index (κ3) is 7.66. The summed E-state index contributed by atoms with van der Waals surface area (Å²) < 4.78 is 135. The van der Waals surface area contributed by atoms with Crippen LogP contribution < -0.4 is 8.92 Å². The molecule has 43 heavy (non-hydrogen) atoms. The molecule has 0 bridgehead atoms. The van der Waals surface area contributed by atoms with E-state index >= 15 is 0 Å². The Morgan fingerprint density at radius 3 is 2.00 bits per heavy atom. The van der Waals surface area contributed by atoms with E-state index in [4.69, 9.17) is 13.3 Å². The van der Waals surface area contributed by atoms with Crippen molar-refractivity contribution in [2.45, 2.75) is 30.3 Å². The topological polar surface area (TPSA) is 86.0 Å². The van der Waals surface area contributed by atoms with Gasteiger partial charge in [0.1, 0.15) is 16.5 Å². The van der Waals surface area contributed by atoms with Crippen LogP contribution in [0.2, 0.25) is 0 Å². The van der Waals surface area contributed by atoms with E-state index in [9.17, 15) is 43.9 Å². The molecule has 0 saturated heterocycles. The van der Waals surface area contributed by atoms with Crippen molar-refractivity contribution in [1.29, 1.82) is 0 Å². The molecule has 7 nitrogen and oxygen atoms in total. The standard InChI is InChI=1S/C28H20F7NO6S/c1-40-24-9-4-17(11-25(24)42-43(38,39)23-7-5-21(29)6-8-23)15-36(16-22-3-2-10-41-22)26(37)18-12-19(27(30,31)32)14-20(13-18)28(33,34)35/h2-14H,15-16H2,1H3. The van der Waals surface area contributed by atoms with Gasteiger partial charge in [0.05, 0.1) is 31.0 Å². The van der Waals surface area contributed by atoms with Crippen molar-refractivity contribution in [3.8, 4) is 11.5 Å². The predicted octanol–water partition coefficient (Wildman–Crippen LogP) is 7.08. The van der Waals surface area contributed by atoms with Crippen LogP contribution in [0.15, 0.2) is 88.4 Å². The smallest absolute Gasteiger partial charge is 0.416 e. The number of hydrogen-bond donors (Lipinski definition) is 0. The first-order valence-electron chi connectivity index (χ1n) is 12.0. The molecule has 0 atom stereocenters. The number of ether oxygens (including phenoxy) is 1. The summed E-state index contributed by atoms with van der Waals surface area (Å²) >= 11 is 0. The molecule has 3 aromatic carbocycles. The molecule has 0 unspecified atom stereocenters. The van der Waals surface area contributed by atoms with Crippen molar-refractivity contribution in [2.24, 2.45) is 0 Å². The number of alkyl halides is 6. The van der Waals surface area contributed by atoms with E-state index in [0.29, 0.717) is 12.1 Å². The maximum atomic E-state index is 13.5. The summed E-state index contributed by atoms with van der Waals surface area (Å²) in [6, 6.07) is 11.0. The SMILES string of the molecule is COc1ccc(CN(Cc2ccco2)C(=O)c2cc(C(F)(F)F)cc(C(F)(F)F)c2)cc1OS(=O)(=O)c1ccc(F)cc1. The van der Waals surface area contributed by atoms with Gasteiger partial charge in [-0.2, -0.15) is 34.8 Å². The second-order valence-corrected chi connectivity index (χ2v) is 10.6. The van der Waals surface area contributed by atoms with Gasteiger partial charge in [-0.25, -0.2) is 4.39 Å². The Bertz CT molecular complexity index is 1670. The average Bonchev–Trinajstić information content (AvgIpc) is 3.44. The summed E-state index contributed by atoms with van der Waals surface area (Å²) in [5.74, 6) is -2.16. The first-order chi connectivity index (χ1) is 20.1. The summed E-state index contributed by atoms with van der Waals surface area (Å²) in [6.45, 7) is -0.812. The fourth-order valence-corrected chi connectivity index (χ4v) is 4.86. The number of amides is 1. The van der Waals surface area contributed by atoms with Crippen LogP contribution in [0.1, 0.15) is 32.8 Å². The Morgan fingerprint density at radius 1 is 0.837 bits per heavy atom. The maximum absolute atomic E-state index is 13.5. The second-order valence-electron chi connectivity index (χ2n) is 9.01. The molecule has 0 aliphatic rings. The van der Waals surface area contributed by atoms with Gasteiger partial charge < -0.3 is 18.2 Å². The van der Waals surface area contributed by atoms with Gasteiger partial charge in [0.25, 0.3) is 5.91 Å². The van der Waals surface area contributed by atoms with E-state index in [2.05, 4.69) is 0 Å². The molecular weight excluding hydrogens is 611 g/mol. The number of hydrogen-bond acceptors (Lipinski definition) is 6. The van der Waals surface area contributed by atoms with Crippen LogP contribution in [0.3, 0.4) is 0 Å². The number of benzene rings is 3. The first kappa shape index (κ1) is 31.4. The molecule has 1 aromatic heterocycles. The highest BCUT2D eigenvalue weighted by Gasteiger charge is 2.38. The predicted molar refractivity (Wildman–Crippen MR) is 136 cm³/mol. The molecule has 1 heterocycles. The van der Waals surface area contributed by atoms with Gasteiger partial charge in [0.15, 0.2) is 11.5 Å². The molecule has 4 rings (SSSR count). The van der Waals surface area contributed by atoms with Crippen molar-refractivity contribution in [2.75, 3.05) is 7.11 Å². The number of carbonyl (C=O) groups excluding carboxylic acids is 1. The van der Waals surface area contributed by atoms with Crippen molar-refractivity contribution < 1.29 is 57.3 Å². The number of furan rings is 1. The molecular formula is C28H20F7NO6S. The normalized spacial score (nSPS) is 12.2. The van der Waals surface area contributed by atoms with Crippen LogP contribution in [0, 0.1) is 5.82 Å². The van der Waals surface area contributed by atoms with Crippen LogP contribution in [0.4, 0.5) is 30.7 Å². The molecule has 0 N–H and O–H groups in total. The Labute approximate surface area is 240 Å². The van der Waals surface area contributed by atoms with Gasteiger partial charge in [0, 0.05) is 12.1 Å². The lowest BCUT2D eigenvalue weighted by Gasteiger charge is -2.24. The molecule has 0 radical (unpaired) electrons. The number of methoxy groups -OCH3 is 1. The first-order valence-corrected chi connectivity index (χ1v) is 13.5. The quantitative estimate of drug-likeness (QED) is 0.145. The summed E-state index contributed by atoms with van der Waals surface area (Å²) in [6.07, 6.45) is -9.11. The molecule has 1 amide bonds. The molecule has 15 heteroatoms. The molecule has 0 spiro atoms. The molecule has 0 saturated carbocycles. The summed E-state index contributed by atoms with van der Waals surface area (Å²) in [5, 5.41) is 0. The van der Waals surface area contributed by atoms with E-state index in [-0.39, 0.29) is 40.3 Å². The Kier molecular flexibility index (Phi) is 8.76. The van der Waals surface area contributed by atoms with Crippen molar-refractivity contribution in [1.82, 2.24) is 4.90 Å². The zero-order chi connectivity index (χ0) is 31.6. The Balaban J connectivity index is 1.72. The van der Waals surface area contributed by atoms with Gasteiger partial charge >= 0.3 is 22.5 Å². The number of halogens is 7. The zero-order valence-electron chi connectivity index (χ0n) is 21.9. The van der Waals surface area contributed by atoms with Crippen LogP contribution in [-0.4, -0.2) is 26.3 Å². The van der Waals surface area contributed by atoms with Crippen molar-refractivity contribution in [3.05, 3.63) is 113 Å². The van der Waals surface area contributed by atoms with E-state index in [1.807, 2.05) is 0 Å². The summed E-state index contributed by atoms with van der Waals surface area (Å²) in [5.41, 5.74) is -4.07. The Hall–Kier alpha value is -4.53. The van der Waals surface area contributed by atoms with E-state index in [1.54, 1.807) is 0 Å². The van der Waals surface area contributed by atoms with E-state index in [0.717, 1.165) is 35.2 Å². The monoisotopic (exact) mass is 631 g/mol. The lowest BCUT2D eigenvalue weighted by molar-refractivity contribution is -0.143. The average molecular weight is 632 g/mol. The molecule has 0 aliphatic carbocycles. The molecule has 0 aliphatic heterocycles. The fourth-order valence-electron chi connectivity index (χ4n) is 3.92. The fraction of sp³-hybridized carbons (Fsp3) is 0.179. The van der Waals surface area contributed by atoms with Gasteiger partial charge in [-0.05, 0) is 72.3 Å². The van der Waals surface area contributed by atoms with E-state index in [1.165, 1.54) is 37.6 Å². The minimum atomic E-state index is -5.18. The molecule has 0 fully saturated rings. The van der Waals surface area contributed by atoms with Crippen LogP contribution in [0.25, 0.3) is 0 Å². The van der Waals surface area contributed by atoms with Gasteiger partial charge in [-0.15, -0.1) is 0 Å². The molecule has 4 aromatic rings. The second kappa shape index (κ2) is 12.0. The summed E-state index contributed by atoms with van der Waals surface area (Å²) in [7, 11) is -3.29. The zero-order valence-corrected chi connectivity index (χ0v) is 22.7. The van der Waals surface area contributed by atoms with Crippen molar-refractivity contribution in [3.63, 3.8) is 0 Å². The van der Waals surface area contributed by atoms with Gasteiger partial charge in [-0.3, -0.25) is 4.79 Å². The lowest BCUT2D eigenvalue weighted by atomic mass is 10.0. The third-order valence-corrected chi connectivity index (χ3v) is 7.20. The maximum Gasteiger partial charge on any atom is 0.416 e. The highest BCUT2D eigenvalue weighted by Crippen LogP contribution is 2.37.